The van der Waals surface area contributed by atoms with E-state index in [4.69, 9.17) is 4.74 Å². The van der Waals surface area contributed by atoms with Gasteiger partial charge in [-0.1, -0.05) is 6.07 Å². The fourth-order valence-electron chi connectivity index (χ4n) is 3.07. The molecule has 0 radical (unpaired) electrons. The van der Waals surface area contributed by atoms with Crippen LogP contribution in [0.2, 0.25) is 0 Å². The molecule has 21 heavy (non-hydrogen) atoms. The van der Waals surface area contributed by atoms with Crippen LogP contribution in [0.25, 0.3) is 0 Å². The predicted molar refractivity (Wildman–Crippen MR) is 77.1 cm³/mol. The lowest BCUT2D eigenvalue weighted by Gasteiger charge is -2.27. The smallest absolute Gasteiger partial charge is 0.254 e. The SMILES string of the molecule is O=C1c2cc(N3CCOCC3=O)ccc2CN1CC1CC1. The third-order valence-electron chi connectivity index (χ3n) is 4.45. The van der Waals surface area contributed by atoms with E-state index in [-0.39, 0.29) is 18.4 Å². The Labute approximate surface area is 123 Å². The highest BCUT2D eigenvalue weighted by Gasteiger charge is 2.33. The number of nitrogens with zero attached hydrogens (tertiary/aromatic N) is 2. The van der Waals surface area contributed by atoms with Gasteiger partial charge in [0.05, 0.1) is 6.61 Å². The van der Waals surface area contributed by atoms with Crippen molar-refractivity contribution in [1.82, 2.24) is 4.90 Å². The van der Waals surface area contributed by atoms with Crippen LogP contribution in [0.15, 0.2) is 18.2 Å². The minimum Gasteiger partial charge on any atom is -0.370 e. The van der Waals surface area contributed by atoms with Gasteiger partial charge in [-0.3, -0.25) is 9.59 Å². The molecule has 0 bridgehead atoms. The van der Waals surface area contributed by atoms with Crippen molar-refractivity contribution in [2.75, 3.05) is 31.2 Å². The van der Waals surface area contributed by atoms with Crippen LogP contribution in [0.4, 0.5) is 5.69 Å². The van der Waals surface area contributed by atoms with E-state index in [1.807, 2.05) is 23.1 Å². The second-order valence-corrected chi connectivity index (χ2v) is 6.07. The third-order valence-corrected chi connectivity index (χ3v) is 4.45. The molecule has 1 saturated heterocycles. The summed E-state index contributed by atoms with van der Waals surface area (Å²) in [5.74, 6) is 0.768. The Hall–Kier alpha value is -1.88. The minimum atomic E-state index is -0.0403. The molecule has 1 aromatic rings. The summed E-state index contributed by atoms with van der Waals surface area (Å²) in [6, 6.07) is 5.79. The van der Waals surface area contributed by atoms with Crippen molar-refractivity contribution in [2.24, 2.45) is 5.92 Å². The molecular weight excluding hydrogens is 268 g/mol. The van der Waals surface area contributed by atoms with Gasteiger partial charge in [0.1, 0.15) is 6.61 Å². The van der Waals surface area contributed by atoms with Gasteiger partial charge in [-0.05, 0) is 36.5 Å². The Balaban J connectivity index is 1.59. The first kappa shape index (κ1) is 12.8. The third kappa shape index (κ3) is 2.31. The van der Waals surface area contributed by atoms with E-state index in [0.717, 1.165) is 23.4 Å². The van der Waals surface area contributed by atoms with Crippen LogP contribution < -0.4 is 4.90 Å². The highest BCUT2D eigenvalue weighted by molar-refractivity contribution is 6.01. The van der Waals surface area contributed by atoms with Gasteiger partial charge in [0.25, 0.3) is 11.8 Å². The Morgan fingerprint density at radius 1 is 1.24 bits per heavy atom. The van der Waals surface area contributed by atoms with Crippen molar-refractivity contribution in [2.45, 2.75) is 19.4 Å². The topological polar surface area (TPSA) is 49.9 Å². The largest absolute Gasteiger partial charge is 0.370 e. The van der Waals surface area contributed by atoms with Crippen molar-refractivity contribution in [3.8, 4) is 0 Å². The zero-order valence-electron chi connectivity index (χ0n) is 11.9. The number of hydrogen-bond donors (Lipinski definition) is 0. The Morgan fingerprint density at radius 2 is 2.10 bits per heavy atom. The van der Waals surface area contributed by atoms with Gasteiger partial charge in [0.15, 0.2) is 0 Å². The van der Waals surface area contributed by atoms with Crippen LogP contribution in [0.5, 0.6) is 0 Å². The van der Waals surface area contributed by atoms with Crippen molar-refractivity contribution in [1.29, 1.82) is 0 Å². The van der Waals surface area contributed by atoms with Crippen LogP contribution in [-0.4, -0.2) is 43.0 Å². The van der Waals surface area contributed by atoms with Gasteiger partial charge < -0.3 is 14.5 Å². The van der Waals surface area contributed by atoms with E-state index in [1.54, 1.807) is 4.90 Å². The van der Waals surface area contributed by atoms with E-state index in [9.17, 15) is 9.59 Å². The molecule has 5 nitrogen and oxygen atoms in total. The van der Waals surface area contributed by atoms with E-state index in [1.165, 1.54) is 12.8 Å². The summed E-state index contributed by atoms with van der Waals surface area (Å²) in [7, 11) is 0. The molecule has 1 saturated carbocycles. The first-order valence-electron chi connectivity index (χ1n) is 7.52. The van der Waals surface area contributed by atoms with Crippen molar-refractivity contribution < 1.29 is 14.3 Å². The Bertz CT molecular complexity index is 610. The lowest BCUT2D eigenvalue weighted by atomic mass is 10.1. The molecule has 0 unspecified atom stereocenters. The zero-order chi connectivity index (χ0) is 14.4. The maximum atomic E-state index is 12.5. The average molecular weight is 286 g/mol. The minimum absolute atomic E-state index is 0.0403. The fourth-order valence-corrected chi connectivity index (χ4v) is 3.07. The first-order valence-corrected chi connectivity index (χ1v) is 7.52. The number of carbonyl (C=O) groups is 2. The molecule has 2 aliphatic heterocycles. The summed E-state index contributed by atoms with van der Waals surface area (Å²) >= 11 is 0. The molecule has 2 heterocycles. The number of benzene rings is 1. The number of morpholine rings is 1. The average Bonchev–Trinajstić information content (AvgIpc) is 3.25. The van der Waals surface area contributed by atoms with Gasteiger partial charge in [-0.25, -0.2) is 0 Å². The lowest BCUT2D eigenvalue weighted by molar-refractivity contribution is -0.125. The molecule has 0 N–H and O–H groups in total. The van der Waals surface area contributed by atoms with Crippen LogP contribution in [0.1, 0.15) is 28.8 Å². The Morgan fingerprint density at radius 3 is 2.86 bits per heavy atom. The molecule has 0 spiro atoms. The normalized spacial score (nSPS) is 21.9. The Kier molecular flexibility index (Phi) is 2.96. The molecule has 2 amide bonds. The second-order valence-electron chi connectivity index (χ2n) is 6.07. The van der Waals surface area contributed by atoms with Gasteiger partial charge in [0.2, 0.25) is 0 Å². The molecule has 2 fully saturated rings. The van der Waals surface area contributed by atoms with Gasteiger partial charge in [-0.15, -0.1) is 0 Å². The van der Waals surface area contributed by atoms with Crippen molar-refractivity contribution in [3.63, 3.8) is 0 Å². The second kappa shape index (κ2) is 4.84. The molecule has 0 atom stereocenters. The molecule has 5 heteroatoms. The highest BCUT2D eigenvalue weighted by Crippen LogP contribution is 2.34. The summed E-state index contributed by atoms with van der Waals surface area (Å²) in [6.07, 6.45) is 2.49. The predicted octanol–water partition coefficient (Wildman–Crippen LogP) is 1.42. The molecule has 1 aromatic carbocycles. The molecule has 110 valence electrons. The van der Waals surface area contributed by atoms with Crippen molar-refractivity contribution in [3.05, 3.63) is 29.3 Å². The first-order chi connectivity index (χ1) is 10.2. The van der Waals surface area contributed by atoms with Crippen molar-refractivity contribution >= 4 is 17.5 Å². The molecule has 3 aliphatic rings. The maximum absolute atomic E-state index is 12.5. The van der Waals surface area contributed by atoms with E-state index < -0.39 is 0 Å². The number of ether oxygens (including phenoxy) is 1. The summed E-state index contributed by atoms with van der Waals surface area (Å²) in [5.41, 5.74) is 2.64. The quantitative estimate of drug-likeness (QED) is 0.844. The summed E-state index contributed by atoms with van der Waals surface area (Å²) in [6.45, 7) is 2.81. The fraction of sp³-hybridized carbons (Fsp3) is 0.500. The molecule has 4 rings (SSSR count). The monoisotopic (exact) mass is 286 g/mol. The van der Waals surface area contributed by atoms with Crippen LogP contribution in [-0.2, 0) is 16.1 Å². The van der Waals surface area contributed by atoms with E-state index >= 15 is 0 Å². The number of hydrogen-bond acceptors (Lipinski definition) is 3. The summed E-state index contributed by atoms with van der Waals surface area (Å²) in [5, 5.41) is 0. The van der Waals surface area contributed by atoms with Crippen LogP contribution in [0.3, 0.4) is 0 Å². The summed E-state index contributed by atoms with van der Waals surface area (Å²) in [4.78, 5) is 28.0. The molecule has 0 aromatic heterocycles. The van der Waals surface area contributed by atoms with E-state index in [2.05, 4.69) is 0 Å². The van der Waals surface area contributed by atoms with Gasteiger partial charge in [0, 0.05) is 30.9 Å². The van der Waals surface area contributed by atoms with Crippen LogP contribution >= 0.6 is 0 Å². The number of rotatable bonds is 3. The zero-order valence-corrected chi connectivity index (χ0v) is 11.9. The standard InChI is InChI=1S/C16H18N2O3/c19-15-10-21-6-5-18(15)13-4-3-12-9-17(8-11-1-2-11)16(20)14(12)7-13/h3-4,7,11H,1-2,5-6,8-10H2. The molecular formula is C16H18N2O3. The lowest BCUT2D eigenvalue weighted by Crippen LogP contribution is -2.41. The number of anilines is 1. The van der Waals surface area contributed by atoms with Crippen LogP contribution in [0, 0.1) is 5.92 Å². The number of carbonyl (C=O) groups excluding carboxylic acids is 2. The maximum Gasteiger partial charge on any atom is 0.254 e. The van der Waals surface area contributed by atoms with Gasteiger partial charge in [-0.2, -0.15) is 0 Å². The summed E-state index contributed by atoms with van der Waals surface area (Å²) < 4.78 is 5.15. The molecule has 1 aliphatic carbocycles. The van der Waals surface area contributed by atoms with E-state index in [0.29, 0.717) is 25.6 Å². The highest BCUT2D eigenvalue weighted by atomic mass is 16.5. The number of amides is 2. The number of fused-ring (bicyclic) bond motifs is 1. The van der Waals surface area contributed by atoms with Gasteiger partial charge >= 0.3 is 0 Å².